The van der Waals surface area contributed by atoms with E-state index in [4.69, 9.17) is 0 Å². The van der Waals surface area contributed by atoms with E-state index in [9.17, 15) is 28.6 Å². The van der Waals surface area contributed by atoms with Gasteiger partial charge in [-0.15, -0.1) is 0 Å². The average Bonchev–Trinajstić information content (AvgIpc) is 3.39. The number of benzene rings is 1. The molecular weight excluding hydrogens is 389 g/mol. The summed E-state index contributed by atoms with van der Waals surface area (Å²) in [5, 5.41) is 19.0. The molecule has 2 fully saturated rings. The summed E-state index contributed by atoms with van der Waals surface area (Å²) >= 11 is 0. The lowest BCUT2D eigenvalue weighted by Gasteiger charge is -2.25. The first kappa shape index (κ1) is 19.8. The lowest BCUT2D eigenvalue weighted by atomic mass is 10.0. The number of hydrogen-bond acceptors (Lipinski definition) is 4. The molecule has 0 radical (unpaired) electrons. The Bertz CT molecular complexity index is 1050. The molecule has 4 rings (SSSR count). The van der Waals surface area contributed by atoms with Crippen molar-refractivity contribution in [2.75, 3.05) is 18.0 Å². The van der Waals surface area contributed by atoms with Crippen molar-refractivity contribution in [2.45, 2.75) is 44.8 Å². The van der Waals surface area contributed by atoms with Crippen molar-refractivity contribution in [1.82, 2.24) is 4.57 Å². The summed E-state index contributed by atoms with van der Waals surface area (Å²) in [6, 6.07) is 1.09. The first-order valence-electron chi connectivity index (χ1n) is 9.53. The largest absolute Gasteiger partial charge is 0.477 e. The molecule has 29 heavy (non-hydrogen) atoms. The molecule has 6 nitrogen and oxygen atoms in total. The van der Waals surface area contributed by atoms with E-state index in [1.807, 2.05) is 0 Å². The third kappa shape index (κ3) is 3.27. The van der Waals surface area contributed by atoms with Crippen LogP contribution in [0.4, 0.5) is 18.9 Å². The van der Waals surface area contributed by atoms with Gasteiger partial charge in [0.05, 0.1) is 11.2 Å². The first-order chi connectivity index (χ1) is 13.7. The van der Waals surface area contributed by atoms with Crippen LogP contribution in [0.1, 0.15) is 41.2 Å². The smallest absolute Gasteiger partial charge is 0.341 e. The number of rotatable bonds is 5. The number of aliphatic hydroxyl groups excluding tert-OH is 1. The van der Waals surface area contributed by atoms with Crippen LogP contribution in [0.5, 0.6) is 0 Å². The standard InChI is InChI=1S/C20H21F3N2O4/c1-9-15-12(18(27)13(20(28)29)8-25(15)11-2-3-11)6-14(21)16(9)24-5-4-10(7-24)17(26)19(22)23/h6,8,10-11,17,19,26H,2-5,7H2,1H3,(H,28,29). The van der Waals surface area contributed by atoms with E-state index in [1.165, 1.54) is 6.20 Å². The minimum absolute atomic E-state index is 0.00101. The maximum Gasteiger partial charge on any atom is 0.341 e. The SMILES string of the molecule is Cc1c(N2CCC(C(O)C(F)F)C2)c(F)cc2c(=O)c(C(=O)O)cn(C3CC3)c12. The number of halogens is 3. The number of aromatic carboxylic acids is 1. The van der Waals surface area contributed by atoms with Gasteiger partial charge >= 0.3 is 5.97 Å². The van der Waals surface area contributed by atoms with Crippen LogP contribution < -0.4 is 10.3 Å². The van der Waals surface area contributed by atoms with Gasteiger partial charge in [0.15, 0.2) is 0 Å². The highest BCUT2D eigenvalue weighted by molar-refractivity contribution is 5.95. The number of aliphatic hydroxyl groups is 1. The van der Waals surface area contributed by atoms with Crippen molar-refractivity contribution in [3.05, 3.63) is 39.4 Å². The van der Waals surface area contributed by atoms with Crippen molar-refractivity contribution in [1.29, 1.82) is 0 Å². The summed E-state index contributed by atoms with van der Waals surface area (Å²) in [7, 11) is 0. The fraction of sp³-hybridized carbons (Fsp3) is 0.500. The molecule has 0 bridgehead atoms. The van der Waals surface area contributed by atoms with E-state index in [0.717, 1.165) is 18.9 Å². The number of nitrogens with zero attached hydrogens (tertiary/aromatic N) is 2. The molecule has 0 spiro atoms. The van der Waals surface area contributed by atoms with Crippen LogP contribution in [0.15, 0.2) is 17.1 Å². The molecular formula is C20H21F3N2O4. The highest BCUT2D eigenvalue weighted by Crippen LogP contribution is 2.41. The van der Waals surface area contributed by atoms with Gasteiger partial charge in [-0.05, 0) is 37.8 Å². The van der Waals surface area contributed by atoms with E-state index in [-0.39, 0.29) is 23.7 Å². The highest BCUT2D eigenvalue weighted by atomic mass is 19.3. The second-order valence-electron chi connectivity index (χ2n) is 7.86. The molecule has 156 valence electrons. The molecule has 1 saturated carbocycles. The maximum absolute atomic E-state index is 15.0. The second kappa shape index (κ2) is 7.05. The first-order valence-corrected chi connectivity index (χ1v) is 9.53. The fourth-order valence-corrected chi connectivity index (χ4v) is 4.33. The molecule has 2 heterocycles. The summed E-state index contributed by atoms with van der Waals surface area (Å²) in [4.78, 5) is 25.7. The normalized spacial score (nSPS) is 20.6. The topological polar surface area (TPSA) is 82.8 Å². The molecule has 1 aliphatic heterocycles. The molecule has 1 aromatic heterocycles. The van der Waals surface area contributed by atoms with Gasteiger partial charge in [0, 0.05) is 36.6 Å². The number of carboxylic acid groups (broad SMARTS) is 1. The van der Waals surface area contributed by atoms with Gasteiger partial charge in [0.2, 0.25) is 5.43 Å². The lowest BCUT2D eigenvalue weighted by molar-refractivity contribution is -0.0334. The van der Waals surface area contributed by atoms with Crippen molar-refractivity contribution >= 4 is 22.6 Å². The van der Waals surface area contributed by atoms with E-state index in [1.54, 1.807) is 16.4 Å². The minimum atomic E-state index is -2.86. The predicted molar refractivity (Wildman–Crippen MR) is 100 cm³/mol. The maximum atomic E-state index is 15.0. The number of alkyl halides is 2. The van der Waals surface area contributed by atoms with Crippen LogP contribution in [0.25, 0.3) is 10.9 Å². The number of anilines is 1. The number of carboxylic acids is 1. The zero-order valence-corrected chi connectivity index (χ0v) is 15.7. The van der Waals surface area contributed by atoms with Crippen molar-refractivity contribution in [3.63, 3.8) is 0 Å². The van der Waals surface area contributed by atoms with Gasteiger partial charge in [-0.2, -0.15) is 0 Å². The van der Waals surface area contributed by atoms with Crippen LogP contribution in [0.3, 0.4) is 0 Å². The Hall–Kier alpha value is -2.55. The van der Waals surface area contributed by atoms with Crippen LogP contribution in [0.2, 0.25) is 0 Å². The summed E-state index contributed by atoms with van der Waals surface area (Å²) in [6.45, 7) is 2.03. The monoisotopic (exact) mass is 410 g/mol. The van der Waals surface area contributed by atoms with E-state index < -0.39 is 41.2 Å². The lowest BCUT2D eigenvalue weighted by Crippen LogP contribution is -2.31. The molecule has 2 aliphatic rings. The number of hydrogen-bond donors (Lipinski definition) is 2. The van der Waals surface area contributed by atoms with Gasteiger partial charge in [-0.25, -0.2) is 18.0 Å². The van der Waals surface area contributed by atoms with Gasteiger partial charge < -0.3 is 19.7 Å². The second-order valence-corrected chi connectivity index (χ2v) is 7.86. The number of carbonyl (C=O) groups is 1. The van der Waals surface area contributed by atoms with Crippen LogP contribution in [-0.4, -0.2) is 46.4 Å². The molecule has 2 aromatic rings. The minimum Gasteiger partial charge on any atom is -0.477 e. The summed E-state index contributed by atoms with van der Waals surface area (Å²) in [5.74, 6) is -2.74. The van der Waals surface area contributed by atoms with Gasteiger partial charge in [-0.1, -0.05) is 0 Å². The van der Waals surface area contributed by atoms with Crippen molar-refractivity contribution in [3.8, 4) is 0 Å². The van der Waals surface area contributed by atoms with E-state index >= 15 is 4.39 Å². The Morgan fingerprint density at radius 1 is 1.28 bits per heavy atom. The van der Waals surface area contributed by atoms with Gasteiger partial charge in [0.25, 0.3) is 6.43 Å². The van der Waals surface area contributed by atoms with Crippen LogP contribution in [0, 0.1) is 18.7 Å². The highest BCUT2D eigenvalue weighted by Gasteiger charge is 2.36. The zero-order chi connectivity index (χ0) is 21.0. The third-order valence-electron chi connectivity index (χ3n) is 5.93. The number of pyridine rings is 1. The molecule has 1 saturated heterocycles. The van der Waals surface area contributed by atoms with Crippen molar-refractivity contribution < 1.29 is 28.2 Å². The average molecular weight is 410 g/mol. The number of fused-ring (bicyclic) bond motifs is 1. The number of aryl methyl sites for hydroxylation is 1. The Labute approximate surface area is 164 Å². The Morgan fingerprint density at radius 3 is 2.55 bits per heavy atom. The summed E-state index contributed by atoms with van der Waals surface area (Å²) < 4.78 is 42.4. The van der Waals surface area contributed by atoms with E-state index in [0.29, 0.717) is 24.0 Å². The van der Waals surface area contributed by atoms with Crippen molar-refractivity contribution in [2.24, 2.45) is 5.92 Å². The molecule has 0 amide bonds. The summed E-state index contributed by atoms with van der Waals surface area (Å²) in [6.07, 6.45) is -1.36. The Morgan fingerprint density at radius 2 is 1.97 bits per heavy atom. The van der Waals surface area contributed by atoms with Crippen LogP contribution in [-0.2, 0) is 0 Å². The van der Waals surface area contributed by atoms with Gasteiger partial charge in [0.1, 0.15) is 17.5 Å². The fourth-order valence-electron chi connectivity index (χ4n) is 4.33. The van der Waals surface area contributed by atoms with E-state index in [2.05, 4.69) is 0 Å². The molecule has 9 heteroatoms. The molecule has 1 aliphatic carbocycles. The number of aromatic nitrogens is 1. The molecule has 2 unspecified atom stereocenters. The molecule has 2 N–H and O–H groups in total. The molecule has 1 aromatic carbocycles. The van der Waals surface area contributed by atoms with Gasteiger partial charge in [-0.3, -0.25) is 4.79 Å². The Balaban J connectivity index is 1.85. The molecule has 2 atom stereocenters. The third-order valence-corrected chi connectivity index (χ3v) is 5.93. The quantitative estimate of drug-likeness (QED) is 0.792. The Kier molecular flexibility index (Phi) is 4.80. The predicted octanol–water partition coefficient (Wildman–Crippen LogP) is 2.93. The summed E-state index contributed by atoms with van der Waals surface area (Å²) in [5.41, 5.74) is -0.00848. The van der Waals surface area contributed by atoms with Crippen LogP contribution >= 0.6 is 0 Å². The zero-order valence-electron chi connectivity index (χ0n) is 15.7.